The maximum Gasteiger partial charge on any atom is 0.220 e. The Hall–Kier alpha value is -3.25. The maximum atomic E-state index is 12.4. The van der Waals surface area contributed by atoms with Gasteiger partial charge < -0.3 is 11.1 Å². The zero-order chi connectivity index (χ0) is 20.4. The second-order valence-electron chi connectivity index (χ2n) is 7.33. The lowest BCUT2D eigenvalue weighted by Gasteiger charge is -2.14. The summed E-state index contributed by atoms with van der Waals surface area (Å²) in [6.07, 6.45) is 1.00. The van der Waals surface area contributed by atoms with E-state index in [1.54, 1.807) is 0 Å². The summed E-state index contributed by atoms with van der Waals surface area (Å²) in [5.74, 6) is -0.0131. The molecule has 6 heteroatoms. The largest absolute Gasteiger partial charge is 0.354 e. The third kappa shape index (κ3) is 3.84. The lowest BCUT2D eigenvalue weighted by Crippen LogP contribution is -2.32. The standard InChI is InChI=1S/C23H25N5O/c1-15-18(12-13-22(29)25-14-20(24)17-8-4-3-5-9-17)16(2)28-23(26-15)19-10-6-7-11-21(19)27-28/h3-11,20H,12-14,24H2,1-2H3,(H,25,29). The fourth-order valence-corrected chi connectivity index (χ4v) is 3.71. The first-order chi connectivity index (χ1) is 14.0. The van der Waals surface area contributed by atoms with E-state index in [1.165, 1.54) is 0 Å². The number of nitrogens with one attached hydrogen (secondary N) is 1. The van der Waals surface area contributed by atoms with E-state index < -0.39 is 0 Å². The molecule has 4 aromatic rings. The van der Waals surface area contributed by atoms with E-state index in [1.807, 2.05) is 73.0 Å². The lowest BCUT2D eigenvalue weighted by atomic mass is 10.1. The van der Waals surface area contributed by atoms with Crippen LogP contribution in [0.5, 0.6) is 0 Å². The van der Waals surface area contributed by atoms with E-state index in [0.29, 0.717) is 19.4 Å². The summed E-state index contributed by atoms with van der Waals surface area (Å²) in [7, 11) is 0. The number of nitrogens with zero attached hydrogens (tertiary/aromatic N) is 3. The van der Waals surface area contributed by atoms with Crippen molar-refractivity contribution in [1.29, 1.82) is 0 Å². The van der Waals surface area contributed by atoms with Gasteiger partial charge in [-0.2, -0.15) is 5.10 Å². The van der Waals surface area contributed by atoms with Gasteiger partial charge in [-0.25, -0.2) is 9.50 Å². The topological polar surface area (TPSA) is 85.3 Å². The van der Waals surface area contributed by atoms with Crippen molar-refractivity contribution in [2.45, 2.75) is 32.7 Å². The van der Waals surface area contributed by atoms with Crippen molar-refractivity contribution >= 4 is 22.5 Å². The van der Waals surface area contributed by atoms with E-state index in [0.717, 1.165) is 39.1 Å². The smallest absolute Gasteiger partial charge is 0.220 e. The van der Waals surface area contributed by atoms with Crippen LogP contribution in [0.15, 0.2) is 54.6 Å². The van der Waals surface area contributed by atoms with Crippen LogP contribution in [0, 0.1) is 13.8 Å². The van der Waals surface area contributed by atoms with Crippen LogP contribution in [0.2, 0.25) is 0 Å². The molecule has 0 aliphatic rings. The molecule has 1 unspecified atom stereocenters. The Bertz CT molecular complexity index is 1170. The molecule has 0 aliphatic carbocycles. The average Bonchev–Trinajstić information content (AvgIpc) is 3.11. The molecule has 1 atom stereocenters. The van der Waals surface area contributed by atoms with Crippen LogP contribution in [-0.2, 0) is 11.2 Å². The van der Waals surface area contributed by atoms with Crippen molar-refractivity contribution in [2.75, 3.05) is 6.54 Å². The molecule has 3 N–H and O–H groups in total. The van der Waals surface area contributed by atoms with Gasteiger partial charge in [-0.05, 0) is 43.5 Å². The third-order valence-corrected chi connectivity index (χ3v) is 5.37. The SMILES string of the molecule is Cc1nc2c3ccccc3nn2c(C)c1CCC(=O)NCC(N)c1ccccc1. The van der Waals surface area contributed by atoms with Crippen molar-refractivity contribution < 1.29 is 4.79 Å². The molecule has 2 aromatic heterocycles. The molecule has 148 valence electrons. The first kappa shape index (κ1) is 19.1. The van der Waals surface area contributed by atoms with Gasteiger partial charge >= 0.3 is 0 Å². The van der Waals surface area contributed by atoms with Gasteiger partial charge in [0.15, 0.2) is 5.65 Å². The van der Waals surface area contributed by atoms with Gasteiger partial charge in [0.25, 0.3) is 0 Å². The predicted octanol–water partition coefficient (Wildman–Crippen LogP) is 3.25. The fraction of sp³-hybridized carbons (Fsp3) is 0.261. The molecular formula is C23H25N5O. The Balaban J connectivity index is 1.45. The zero-order valence-electron chi connectivity index (χ0n) is 16.7. The minimum atomic E-state index is -0.210. The van der Waals surface area contributed by atoms with Crippen LogP contribution < -0.4 is 11.1 Å². The number of nitrogens with two attached hydrogens (primary N) is 1. The Morgan fingerprint density at radius 2 is 1.83 bits per heavy atom. The number of aryl methyl sites for hydroxylation is 2. The Kier molecular flexibility index (Phi) is 5.27. The zero-order valence-corrected chi connectivity index (χ0v) is 16.7. The number of hydrogen-bond donors (Lipinski definition) is 2. The van der Waals surface area contributed by atoms with E-state index >= 15 is 0 Å². The van der Waals surface area contributed by atoms with E-state index in [9.17, 15) is 4.79 Å². The number of benzene rings is 2. The molecule has 2 heterocycles. The number of carbonyl (C=O) groups excluding carboxylic acids is 1. The molecular weight excluding hydrogens is 362 g/mol. The highest BCUT2D eigenvalue weighted by atomic mass is 16.1. The van der Waals surface area contributed by atoms with Gasteiger partial charge in [0.05, 0.1) is 5.52 Å². The Morgan fingerprint density at radius 1 is 1.10 bits per heavy atom. The maximum absolute atomic E-state index is 12.4. The number of carbonyl (C=O) groups is 1. The molecule has 6 nitrogen and oxygen atoms in total. The minimum Gasteiger partial charge on any atom is -0.354 e. The molecule has 0 spiro atoms. The fourth-order valence-electron chi connectivity index (χ4n) is 3.71. The van der Waals surface area contributed by atoms with Crippen molar-refractivity contribution in [2.24, 2.45) is 5.73 Å². The Morgan fingerprint density at radius 3 is 2.62 bits per heavy atom. The highest BCUT2D eigenvalue weighted by molar-refractivity contribution is 5.92. The molecule has 0 bridgehead atoms. The summed E-state index contributed by atoms with van der Waals surface area (Å²) in [4.78, 5) is 17.1. The molecule has 2 aromatic carbocycles. The molecule has 0 saturated carbocycles. The van der Waals surface area contributed by atoms with Gasteiger partial charge in [0.2, 0.25) is 5.91 Å². The molecule has 4 rings (SSSR count). The number of aromatic nitrogens is 3. The lowest BCUT2D eigenvalue weighted by molar-refractivity contribution is -0.121. The van der Waals surface area contributed by atoms with Gasteiger partial charge in [-0.1, -0.05) is 42.5 Å². The number of fused-ring (bicyclic) bond motifs is 3. The van der Waals surface area contributed by atoms with Crippen molar-refractivity contribution in [3.8, 4) is 0 Å². The minimum absolute atomic E-state index is 0.0131. The summed E-state index contributed by atoms with van der Waals surface area (Å²) >= 11 is 0. The summed E-state index contributed by atoms with van der Waals surface area (Å²) in [5, 5.41) is 8.66. The van der Waals surface area contributed by atoms with Crippen LogP contribution >= 0.6 is 0 Å². The molecule has 0 aliphatic heterocycles. The molecule has 0 fully saturated rings. The second kappa shape index (κ2) is 8.01. The van der Waals surface area contributed by atoms with Gasteiger partial charge in [-0.3, -0.25) is 4.79 Å². The molecule has 0 saturated heterocycles. The highest BCUT2D eigenvalue weighted by Gasteiger charge is 2.15. The van der Waals surface area contributed by atoms with E-state index in [4.69, 9.17) is 10.7 Å². The number of hydrogen-bond acceptors (Lipinski definition) is 4. The Labute approximate surface area is 169 Å². The first-order valence-corrected chi connectivity index (χ1v) is 9.85. The molecule has 29 heavy (non-hydrogen) atoms. The number of rotatable bonds is 6. The quantitative estimate of drug-likeness (QED) is 0.532. The molecule has 1 amide bonds. The summed E-state index contributed by atoms with van der Waals surface area (Å²) in [5.41, 5.74) is 12.0. The monoisotopic (exact) mass is 387 g/mol. The van der Waals surface area contributed by atoms with Crippen LogP contribution in [0.1, 0.15) is 35.0 Å². The van der Waals surface area contributed by atoms with Crippen LogP contribution in [0.25, 0.3) is 16.6 Å². The third-order valence-electron chi connectivity index (χ3n) is 5.37. The molecule has 0 radical (unpaired) electrons. The second-order valence-corrected chi connectivity index (χ2v) is 7.33. The van der Waals surface area contributed by atoms with Crippen molar-refractivity contribution in [1.82, 2.24) is 19.9 Å². The van der Waals surface area contributed by atoms with E-state index in [-0.39, 0.29) is 11.9 Å². The van der Waals surface area contributed by atoms with Crippen molar-refractivity contribution in [3.63, 3.8) is 0 Å². The highest BCUT2D eigenvalue weighted by Crippen LogP contribution is 2.22. The van der Waals surface area contributed by atoms with Gasteiger partial charge in [-0.15, -0.1) is 0 Å². The summed E-state index contributed by atoms with van der Waals surface area (Å²) < 4.78 is 1.89. The summed E-state index contributed by atoms with van der Waals surface area (Å²) in [6, 6.07) is 17.6. The van der Waals surface area contributed by atoms with Gasteiger partial charge in [0, 0.05) is 35.8 Å². The van der Waals surface area contributed by atoms with Crippen molar-refractivity contribution in [3.05, 3.63) is 77.1 Å². The first-order valence-electron chi connectivity index (χ1n) is 9.85. The van der Waals surface area contributed by atoms with E-state index in [2.05, 4.69) is 10.4 Å². The average molecular weight is 387 g/mol. The normalized spacial score (nSPS) is 12.4. The number of amides is 1. The van der Waals surface area contributed by atoms with Gasteiger partial charge in [0.1, 0.15) is 0 Å². The van der Waals surface area contributed by atoms with Crippen LogP contribution in [0.4, 0.5) is 0 Å². The predicted molar refractivity (Wildman–Crippen MR) is 115 cm³/mol. The van der Waals surface area contributed by atoms with Crippen LogP contribution in [-0.4, -0.2) is 27.0 Å². The summed E-state index contributed by atoms with van der Waals surface area (Å²) in [6.45, 7) is 4.45. The van der Waals surface area contributed by atoms with Crippen LogP contribution in [0.3, 0.4) is 0 Å².